The Morgan fingerprint density at radius 1 is 1.12 bits per heavy atom. The number of benzene rings is 1. The first-order valence-electron chi connectivity index (χ1n) is 8.12. The van der Waals surface area contributed by atoms with Crippen molar-refractivity contribution in [2.45, 2.75) is 38.2 Å². The van der Waals surface area contributed by atoms with Gasteiger partial charge in [0, 0.05) is 29.4 Å². The standard InChI is InChI=1S/C15H18N2S.C5H9NS/c1-13(2)18-15(12-16)10-7-11-17(3)14-8-5-4-6-9-14;1-5(2)7-4-3-6/h4-11,13H,1-3H3;5H,4H2,1-2H3. The van der Waals surface area contributed by atoms with Crippen LogP contribution < -0.4 is 4.90 Å². The third-order valence-corrected chi connectivity index (χ3v) is 4.59. The minimum atomic E-state index is 0.427. The van der Waals surface area contributed by atoms with Crippen molar-refractivity contribution in [3.05, 3.63) is 53.6 Å². The predicted molar refractivity (Wildman–Crippen MR) is 114 cm³/mol. The Labute approximate surface area is 161 Å². The van der Waals surface area contributed by atoms with E-state index in [0.29, 0.717) is 16.3 Å². The number of hydrogen-bond donors (Lipinski definition) is 0. The molecule has 0 heterocycles. The van der Waals surface area contributed by atoms with Gasteiger partial charge in [0.15, 0.2) is 0 Å². The normalized spacial score (nSPS) is 11.0. The van der Waals surface area contributed by atoms with Gasteiger partial charge in [0.05, 0.1) is 16.7 Å². The molecule has 0 radical (unpaired) electrons. The summed E-state index contributed by atoms with van der Waals surface area (Å²) in [6, 6.07) is 14.4. The van der Waals surface area contributed by atoms with E-state index in [1.54, 1.807) is 23.5 Å². The van der Waals surface area contributed by atoms with Crippen molar-refractivity contribution in [1.29, 1.82) is 10.5 Å². The van der Waals surface area contributed by atoms with Crippen LogP contribution in [0.2, 0.25) is 0 Å². The van der Waals surface area contributed by atoms with Crippen molar-refractivity contribution in [2.75, 3.05) is 17.7 Å². The molecule has 0 saturated heterocycles. The first-order valence-corrected chi connectivity index (χ1v) is 10.0. The fraction of sp³-hybridized carbons (Fsp3) is 0.400. The van der Waals surface area contributed by atoms with Gasteiger partial charge in [0.2, 0.25) is 0 Å². The zero-order valence-corrected chi connectivity index (χ0v) is 17.3. The van der Waals surface area contributed by atoms with Crippen LogP contribution in [-0.4, -0.2) is 23.3 Å². The van der Waals surface area contributed by atoms with Crippen LogP contribution in [0.25, 0.3) is 0 Å². The van der Waals surface area contributed by atoms with Crippen LogP contribution >= 0.6 is 23.5 Å². The molecule has 0 amide bonds. The topological polar surface area (TPSA) is 50.8 Å². The van der Waals surface area contributed by atoms with E-state index in [1.165, 1.54) is 0 Å². The zero-order valence-electron chi connectivity index (χ0n) is 15.6. The van der Waals surface area contributed by atoms with Crippen LogP contribution in [0.4, 0.5) is 5.69 Å². The summed E-state index contributed by atoms with van der Waals surface area (Å²) in [6.45, 7) is 8.33. The van der Waals surface area contributed by atoms with Crippen molar-refractivity contribution < 1.29 is 0 Å². The van der Waals surface area contributed by atoms with Crippen molar-refractivity contribution in [2.24, 2.45) is 0 Å². The number of para-hydroxylation sites is 1. The number of nitriles is 2. The lowest BCUT2D eigenvalue weighted by molar-refractivity contribution is 1.11. The number of hydrogen-bond acceptors (Lipinski definition) is 5. The monoisotopic (exact) mass is 373 g/mol. The average molecular weight is 374 g/mol. The zero-order chi connectivity index (χ0) is 19.1. The molecule has 0 spiro atoms. The molecule has 25 heavy (non-hydrogen) atoms. The maximum atomic E-state index is 8.97. The third-order valence-electron chi connectivity index (χ3n) is 2.67. The van der Waals surface area contributed by atoms with Crippen molar-refractivity contribution in [3.8, 4) is 12.1 Å². The van der Waals surface area contributed by atoms with Gasteiger partial charge in [0.1, 0.15) is 6.07 Å². The molecule has 0 saturated carbocycles. The van der Waals surface area contributed by atoms with Crippen LogP contribution in [-0.2, 0) is 0 Å². The predicted octanol–water partition coefficient (Wildman–Crippen LogP) is 5.84. The minimum Gasteiger partial charge on any atom is -0.351 e. The quantitative estimate of drug-likeness (QED) is 0.444. The van der Waals surface area contributed by atoms with Crippen LogP contribution in [0.15, 0.2) is 53.6 Å². The molecule has 0 bridgehead atoms. The molecular weight excluding hydrogens is 346 g/mol. The van der Waals surface area contributed by atoms with E-state index in [9.17, 15) is 0 Å². The fourth-order valence-corrected chi connectivity index (χ4v) is 2.70. The highest BCUT2D eigenvalue weighted by Gasteiger charge is 1.99. The number of allylic oxidation sites excluding steroid dienone is 3. The lowest BCUT2D eigenvalue weighted by atomic mass is 10.3. The Bertz CT molecular complexity index is 608. The van der Waals surface area contributed by atoms with E-state index >= 15 is 0 Å². The summed E-state index contributed by atoms with van der Waals surface area (Å²) >= 11 is 3.25. The summed E-state index contributed by atoms with van der Waals surface area (Å²) in [5.74, 6) is 0.623. The van der Waals surface area contributed by atoms with Gasteiger partial charge in [0.25, 0.3) is 0 Å². The second kappa shape index (κ2) is 14.5. The molecule has 1 aromatic rings. The molecule has 1 rings (SSSR count). The maximum Gasteiger partial charge on any atom is 0.106 e. The van der Waals surface area contributed by atoms with E-state index in [0.717, 1.165) is 10.6 Å². The maximum absolute atomic E-state index is 8.97. The smallest absolute Gasteiger partial charge is 0.106 e. The molecule has 0 aliphatic heterocycles. The summed E-state index contributed by atoms with van der Waals surface area (Å²) in [5.41, 5.74) is 1.12. The van der Waals surface area contributed by atoms with E-state index in [1.807, 2.05) is 60.6 Å². The van der Waals surface area contributed by atoms with Gasteiger partial charge in [-0.25, -0.2) is 0 Å². The average Bonchev–Trinajstić information content (AvgIpc) is 2.59. The number of rotatable bonds is 7. The number of nitrogens with zero attached hydrogens (tertiary/aromatic N) is 3. The van der Waals surface area contributed by atoms with Crippen LogP contribution in [0.5, 0.6) is 0 Å². The van der Waals surface area contributed by atoms with E-state index in [2.05, 4.69) is 39.8 Å². The van der Waals surface area contributed by atoms with E-state index in [-0.39, 0.29) is 0 Å². The summed E-state index contributed by atoms with van der Waals surface area (Å²) in [6.07, 6.45) is 5.71. The lowest BCUT2D eigenvalue weighted by Crippen LogP contribution is -2.06. The molecule has 0 aromatic heterocycles. The molecule has 5 heteroatoms. The van der Waals surface area contributed by atoms with Crippen molar-refractivity contribution in [3.63, 3.8) is 0 Å². The Morgan fingerprint density at radius 2 is 1.76 bits per heavy atom. The summed E-state index contributed by atoms with van der Waals surface area (Å²) in [4.78, 5) is 2.76. The van der Waals surface area contributed by atoms with Crippen LogP contribution in [0.3, 0.4) is 0 Å². The van der Waals surface area contributed by atoms with Gasteiger partial charge in [-0.1, -0.05) is 45.9 Å². The van der Waals surface area contributed by atoms with E-state index in [4.69, 9.17) is 10.5 Å². The van der Waals surface area contributed by atoms with Gasteiger partial charge in [-0.2, -0.15) is 10.5 Å². The van der Waals surface area contributed by atoms with Crippen LogP contribution in [0, 0.1) is 22.7 Å². The highest BCUT2D eigenvalue weighted by Crippen LogP contribution is 2.20. The number of anilines is 1. The van der Waals surface area contributed by atoms with Gasteiger partial charge in [-0.05, 0) is 24.3 Å². The Balaban J connectivity index is 0.000000697. The molecule has 0 atom stereocenters. The second-order valence-electron chi connectivity index (χ2n) is 5.62. The van der Waals surface area contributed by atoms with Crippen molar-refractivity contribution in [1.82, 2.24) is 0 Å². The van der Waals surface area contributed by atoms with Gasteiger partial charge in [-0.3, -0.25) is 0 Å². The largest absolute Gasteiger partial charge is 0.351 e. The van der Waals surface area contributed by atoms with Gasteiger partial charge >= 0.3 is 0 Å². The lowest BCUT2D eigenvalue weighted by Gasteiger charge is -2.13. The molecular formula is C20H27N3S2. The van der Waals surface area contributed by atoms with Crippen molar-refractivity contribution >= 4 is 29.2 Å². The minimum absolute atomic E-state index is 0.427. The Morgan fingerprint density at radius 3 is 2.20 bits per heavy atom. The third kappa shape index (κ3) is 13.2. The molecule has 1 aromatic carbocycles. The summed E-state index contributed by atoms with van der Waals surface area (Å²) in [7, 11) is 1.99. The summed E-state index contributed by atoms with van der Waals surface area (Å²) < 4.78 is 0. The van der Waals surface area contributed by atoms with Gasteiger partial charge in [-0.15, -0.1) is 23.5 Å². The molecule has 0 fully saturated rings. The highest BCUT2D eigenvalue weighted by atomic mass is 32.2. The van der Waals surface area contributed by atoms with E-state index < -0.39 is 0 Å². The molecule has 0 aliphatic rings. The molecule has 0 aliphatic carbocycles. The Kier molecular flexibility index (Phi) is 13.5. The Hall–Kier alpha value is -1.82. The highest BCUT2D eigenvalue weighted by molar-refractivity contribution is 8.03. The van der Waals surface area contributed by atoms with Crippen LogP contribution in [0.1, 0.15) is 27.7 Å². The van der Waals surface area contributed by atoms with Gasteiger partial charge < -0.3 is 4.90 Å². The first kappa shape index (κ1) is 23.2. The molecule has 0 unspecified atom stereocenters. The fourth-order valence-electron chi connectivity index (χ4n) is 1.57. The number of thioether (sulfide) groups is 2. The molecule has 0 N–H and O–H groups in total. The molecule has 3 nitrogen and oxygen atoms in total. The SMILES string of the molecule is CC(C)SC(C#N)=CC=CN(C)c1ccccc1.CC(C)SCC#N. The first-order chi connectivity index (χ1) is 11.9. The molecule has 134 valence electrons. The summed E-state index contributed by atoms with van der Waals surface area (Å²) in [5, 5.41) is 18.0. The second-order valence-corrected chi connectivity index (χ2v) is 8.80.